The molecule has 1 fully saturated rings. The summed E-state index contributed by atoms with van der Waals surface area (Å²) in [6, 6.07) is 6.38. The molecule has 0 amide bonds. The maximum atomic E-state index is 5.92. The van der Waals surface area contributed by atoms with Gasteiger partial charge in [0, 0.05) is 18.2 Å². The van der Waals surface area contributed by atoms with Gasteiger partial charge in [0.1, 0.15) is 5.82 Å². The minimum Gasteiger partial charge on any atom is -0.399 e. The fourth-order valence-corrected chi connectivity index (χ4v) is 2.92. The summed E-state index contributed by atoms with van der Waals surface area (Å²) in [4.78, 5) is 4.87. The monoisotopic (exact) mass is 287 g/mol. The SMILES string of the molecule is CCOCC(C(C)C)n1c(C2CC2)nc2cc(N)ccc21. The Kier molecular flexibility index (Phi) is 3.89. The van der Waals surface area contributed by atoms with Gasteiger partial charge < -0.3 is 15.0 Å². The Morgan fingerprint density at radius 1 is 1.38 bits per heavy atom. The summed E-state index contributed by atoms with van der Waals surface area (Å²) in [7, 11) is 0. The summed E-state index contributed by atoms with van der Waals surface area (Å²) in [5.41, 5.74) is 8.89. The number of aromatic nitrogens is 2. The summed E-state index contributed by atoms with van der Waals surface area (Å²) in [6.07, 6.45) is 2.50. The lowest BCUT2D eigenvalue weighted by molar-refractivity contribution is 0.0968. The van der Waals surface area contributed by atoms with Crippen LogP contribution in [0.3, 0.4) is 0 Å². The fraction of sp³-hybridized carbons (Fsp3) is 0.588. The van der Waals surface area contributed by atoms with Gasteiger partial charge in [-0.15, -0.1) is 0 Å². The van der Waals surface area contributed by atoms with Crippen LogP contribution in [0.25, 0.3) is 11.0 Å². The van der Waals surface area contributed by atoms with Gasteiger partial charge in [-0.3, -0.25) is 0 Å². The molecule has 2 N–H and O–H groups in total. The smallest absolute Gasteiger partial charge is 0.113 e. The molecule has 1 atom stereocenters. The molecular formula is C17H25N3O. The molecule has 3 rings (SSSR count). The standard InChI is InChI=1S/C17H25N3O/c1-4-21-10-16(11(2)3)20-15-8-7-13(18)9-14(15)19-17(20)12-5-6-12/h7-9,11-12,16H,4-6,10,18H2,1-3H3. The molecule has 1 saturated carbocycles. The molecule has 4 nitrogen and oxygen atoms in total. The molecule has 0 radical (unpaired) electrons. The Morgan fingerprint density at radius 3 is 2.76 bits per heavy atom. The van der Waals surface area contributed by atoms with E-state index in [1.54, 1.807) is 0 Å². The zero-order chi connectivity index (χ0) is 15.0. The first-order valence-corrected chi connectivity index (χ1v) is 7.97. The van der Waals surface area contributed by atoms with Crippen molar-refractivity contribution in [1.29, 1.82) is 0 Å². The number of ether oxygens (including phenoxy) is 1. The predicted molar refractivity (Wildman–Crippen MR) is 86.5 cm³/mol. The Hall–Kier alpha value is -1.55. The van der Waals surface area contributed by atoms with Crippen LogP contribution in [0, 0.1) is 5.92 Å². The number of benzene rings is 1. The third kappa shape index (κ3) is 2.77. The highest BCUT2D eigenvalue weighted by atomic mass is 16.5. The zero-order valence-corrected chi connectivity index (χ0v) is 13.2. The maximum absolute atomic E-state index is 5.92. The van der Waals surface area contributed by atoms with Crippen LogP contribution in [0.1, 0.15) is 51.4 Å². The first kappa shape index (κ1) is 14.4. The van der Waals surface area contributed by atoms with Gasteiger partial charge in [0.15, 0.2) is 0 Å². The van der Waals surface area contributed by atoms with E-state index in [4.69, 9.17) is 15.5 Å². The third-order valence-electron chi connectivity index (χ3n) is 4.28. The van der Waals surface area contributed by atoms with Crippen LogP contribution in [-0.2, 0) is 4.74 Å². The fourth-order valence-electron chi connectivity index (χ4n) is 2.92. The highest BCUT2D eigenvalue weighted by molar-refractivity contribution is 5.80. The number of rotatable bonds is 6. The Bertz CT molecular complexity index is 628. The summed E-state index contributed by atoms with van der Waals surface area (Å²) < 4.78 is 8.14. The minimum atomic E-state index is 0.328. The van der Waals surface area contributed by atoms with Crippen LogP contribution in [0.4, 0.5) is 5.69 Å². The zero-order valence-electron chi connectivity index (χ0n) is 13.2. The van der Waals surface area contributed by atoms with Crippen LogP contribution in [0.15, 0.2) is 18.2 Å². The molecule has 0 saturated heterocycles. The number of nitrogen functional groups attached to an aromatic ring is 1. The molecule has 1 aliphatic rings. The first-order valence-electron chi connectivity index (χ1n) is 7.97. The van der Waals surface area contributed by atoms with Gasteiger partial charge in [-0.05, 0) is 43.9 Å². The van der Waals surface area contributed by atoms with E-state index in [0.29, 0.717) is 17.9 Å². The normalized spacial score (nSPS) is 16.8. The summed E-state index contributed by atoms with van der Waals surface area (Å²) in [6.45, 7) is 8.05. The Morgan fingerprint density at radius 2 is 2.14 bits per heavy atom. The average Bonchev–Trinajstić information content (AvgIpc) is 3.22. The molecule has 2 aromatic rings. The topological polar surface area (TPSA) is 53.1 Å². The third-order valence-corrected chi connectivity index (χ3v) is 4.28. The molecule has 4 heteroatoms. The van der Waals surface area contributed by atoms with E-state index < -0.39 is 0 Å². The van der Waals surface area contributed by atoms with Crippen molar-refractivity contribution < 1.29 is 4.74 Å². The number of hydrogen-bond acceptors (Lipinski definition) is 3. The molecule has 1 aromatic carbocycles. The molecule has 0 bridgehead atoms. The largest absolute Gasteiger partial charge is 0.399 e. The van der Waals surface area contributed by atoms with E-state index in [9.17, 15) is 0 Å². The number of imidazole rings is 1. The predicted octanol–water partition coefficient (Wildman–Crippen LogP) is 3.73. The van der Waals surface area contributed by atoms with E-state index in [1.165, 1.54) is 24.2 Å². The molecule has 0 aliphatic heterocycles. The molecule has 114 valence electrons. The highest BCUT2D eigenvalue weighted by Crippen LogP contribution is 2.42. The second-order valence-electron chi connectivity index (χ2n) is 6.33. The van der Waals surface area contributed by atoms with Crippen LogP contribution in [0.2, 0.25) is 0 Å². The Labute approximate surface area is 126 Å². The summed E-state index contributed by atoms with van der Waals surface area (Å²) >= 11 is 0. The molecule has 21 heavy (non-hydrogen) atoms. The molecule has 1 unspecified atom stereocenters. The van der Waals surface area contributed by atoms with Gasteiger partial charge in [0.2, 0.25) is 0 Å². The lowest BCUT2D eigenvalue weighted by atomic mass is 10.0. The molecule has 1 aromatic heterocycles. The Balaban J connectivity index is 2.10. The minimum absolute atomic E-state index is 0.328. The van der Waals surface area contributed by atoms with Crippen molar-refractivity contribution in [3.8, 4) is 0 Å². The van der Waals surface area contributed by atoms with Gasteiger partial charge in [-0.1, -0.05) is 13.8 Å². The van der Waals surface area contributed by atoms with Gasteiger partial charge >= 0.3 is 0 Å². The first-order chi connectivity index (χ1) is 10.1. The van der Waals surface area contributed by atoms with Crippen molar-refractivity contribution >= 4 is 16.7 Å². The second-order valence-corrected chi connectivity index (χ2v) is 6.33. The van der Waals surface area contributed by atoms with Crippen molar-refractivity contribution in [3.05, 3.63) is 24.0 Å². The van der Waals surface area contributed by atoms with E-state index in [1.807, 2.05) is 19.1 Å². The van der Waals surface area contributed by atoms with Crippen molar-refractivity contribution in [3.63, 3.8) is 0 Å². The summed E-state index contributed by atoms with van der Waals surface area (Å²) in [5.74, 6) is 2.33. The maximum Gasteiger partial charge on any atom is 0.113 e. The molecule has 0 spiro atoms. The van der Waals surface area contributed by atoms with Crippen LogP contribution >= 0.6 is 0 Å². The quantitative estimate of drug-likeness (QED) is 0.824. The molecule has 1 aliphatic carbocycles. The van der Waals surface area contributed by atoms with Gasteiger partial charge in [0.25, 0.3) is 0 Å². The van der Waals surface area contributed by atoms with E-state index in [2.05, 4.69) is 24.5 Å². The van der Waals surface area contributed by atoms with Crippen molar-refractivity contribution in [2.45, 2.75) is 45.6 Å². The lowest BCUT2D eigenvalue weighted by Gasteiger charge is -2.25. The van der Waals surface area contributed by atoms with Crippen molar-refractivity contribution in [2.24, 2.45) is 5.92 Å². The van der Waals surface area contributed by atoms with E-state index >= 15 is 0 Å². The molecule has 1 heterocycles. The van der Waals surface area contributed by atoms with Gasteiger partial charge in [0.05, 0.1) is 23.7 Å². The summed E-state index contributed by atoms with van der Waals surface area (Å²) in [5, 5.41) is 0. The number of hydrogen-bond donors (Lipinski definition) is 1. The van der Waals surface area contributed by atoms with Crippen LogP contribution in [0.5, 0.6) is 0 Å². The highest BCUT2D eigenvalue weighted by Gasteiger charge is 2.32. The van der Waals surface area contributed by atoms with Crippen LogP contribution < -0.4 is 5.73 Å². The number of anilines is 1. The van der Waals surface area contributed by atoms with Gasteiger partial charge in [-0.2, -0.15) is 0 Å². The van der Waals surface area contributed by atoms with Crippen LogP contribution in [-0.4, -0.2) is 22.8 Å². The van der Waals surface area contributed by atoms with E-state index in [-0.39, 0.29) is 0 Å². The van der Waals surface area contributed by atoms with Crippen molar-refractivity contribution in [2.75, 3.05) is 18.9 Å². The van der Waals surface area contributed by atoms with Crippen molar-refractivity contribution in [1.82, 2.24) is 9.55 Å². The average molecular weight is 287 g/mol. The number of nitrogens with zero attached hydrogens (tertiary/aromatic N) is 2. The van der Waals surface area contributed by atoms with E-state index in [0.717, 1.165) is 24.4 Å². The number of fused-ring (bicyclic) bond motifs is 1. The lowest BCUT2D eigenvalue weighted by Crippen LogP contribution is -2.22. The number of nitrogens with two attached hydrogens (primary N) is 1. The van der Waals surface area contributed by atoms with Gasteiger partial charge in [-0.25, -0.2) is 4.98 Å². The molecular weight excluding hydrogens is 262 g/mol. The second kappa shape index (κ2) is 5.68.